The van der Waals surface area contributed by atoms with Gasteiger partial charge in [0.1, 0.15) is 0 Å². The molecule has 1 atom stereocenters. The normalized spacial score (nSPS) is 12.7. The Morgan fingerprint density at radius 2 is 1.79 bits per heavy atom. The highest BCUT2D eigenvalue weighted by molar-refractivity contribution is 5.93. The van der Waals surface area contributed by atoms with Crippen molar-refractivity contribution in [3.05, 3.63) is 75.5 Å². The van der Waals surface area contributed by atoms with Crippen LogP contribution in [0.4, 0.5) is 5.69 Å². The average Bonchev–Trinajstić information content (AvgIpc) is 3.00. The Labute approximate surface area is 173 Å². The van der Waals surface area contributed by atoms with Crippen molar-refractivity contribution < 1.29 is 4.92 Å². The van der Waals surface area contributed by atoms with Crippen LogP contribution < -0.4 is 0 Å². The van der Waals surface area contributed by atoms with E-state index >= 15 is 0 Å². The van der Waals surface area contributed by atoms with Crippen molar-refractivity contribution in [3.8, 4) is 0 Å². The van der Waals surface area contributed by atoms with Crippen LogP contribution in [-0.2, 0) is 6.54 Å². The first-order valence-electron chi connectivity index (χ1n) is 10.6. The van der Waals surface area contributed by atoms with Crippen molar-refractivity contribution >= 4 is 28.7 Å². The zero-order chi connectivity index (χ0) is 20.8. The number of para-hydroxylation sites is 1. The van der Waals surface area contributed by atoms with Crippen LogP contribution in [0, 0.1) is 23.0 Å². The minimum atomic E-state index is -0.367. The lowest BCUT2D eigenvalue weighted by Crippen LogP contribution is -2.11. The van der Waals surface area contributed by atoms with Gasteiger partial charge in [0.05, 0.1) is 4.92 Å². The number of fused-ring (bicyclic) bond motifs is 1. The van der Waals surface area contributed by atoms with Gasteiger partial charge in [0.25, 0.3) is 5.69 Å². The minimum Gasteiger partial charge on any atom is -0.344 e. The third-order valence-electron chi connectivity index (χ3n) is 5.81. The molecule has 3 rings (SSSR count). The molecule has 0 N–H and O–H groups in total. The van der Waals surface area contributed by atoms with Crippen molar-refractivity contribution in [2.75, 3.05) is 0 Å². The van der Waals surface area contributed by atoms with Crippen LogP contribution in [0.15, 0.2) is 48.5 Å². The lowest BCUT2D eigenvalue weighted by Gasteiger charge is -2.18. The van der Waals surface area contributed by atoms with E-state index in [9.17, 15) is 10.1 Å². The molecule has 0 saturated heterocycles. The lowest BCUT2D eigenvalue weighted by atomic mass is 9.99. The molecule has 1 heterocycles. The largest absolute Gasteiger partial charge is 0.344 e. The Balaban J connectivity index is 1.94. The monoisotopic (exact) mass is 390 g/mol. The zero-order valence-corrected chi connectivity index (χ0v) is 17.6. The van der Waals surface area contributed by atoms with E-state index in [1.807, 2.05) is 6.08 Å². The van der Waals surface area contributed by atoms with Crippen molar-refractivity contribution in [1.29, 1.82) is 0 Å². The van der Waals surface area contributed by atoms with Gasteiger partial charge in [-0.25, -0.2) is 0 Å². The number of rotatable bonds is 9. The topological polar surface area (TPSA) is 48.1 Å². The second-order valence-electron chi connectivity index (χ2n) is 7.73. The first-order chi connectivity index (χ1) is 14.0. The van der Waals surface area contributed by atoms with Gasteiger partial charge in [-0.05, 0) is 43.0 Å². The van der Waals surface area contributed by atoms with Crippen LogP contribution >= 0.6 is 0 Å². The standard InChI is InChI=1S/C25H30N2O2/c1-4-6-9-20(5-2)18-26-19(3)23(24-10-7-8-11-25(24)26)17-14-21-12-15-22(16-13-21)27(28)29/h7-8,10-17,20H,4-6,9,18H2,1-3H3. The molecule has 4 heteroatoms. The maximum absolute atomic E-state index is 10.8. The van der Waals surface area contributed by atoms with E-state index in [0.717, 1.165) is 12.1 Å². The van der Waals surface area contributed by atoms with Gasteiger partial charge in [0.2, 0.25) is 0 Å². The lowest BCUT2D eigenvalue weighted by molar-refractivity contribution is -0.384. The second-order valence-corrected chi connectivity index (χ2v) is 7.73. The number of non-ortho nitro benzene ring substituents is 1. The molecule has 0 aliphatic rings. The minimum absolute atomic E-state index is 0.118. The predicted octanol–water partition coefficient (Wildman–Crippen LogP) is 7.24. The van der Waals surface area contributed by atoms with Gasteiger partial charge in [-0.15, -0.1) is 0 Å². The molecular weight excluding hydrogens is 360 g/mol. The molecular formula is C25H30N2O2. The van der Waals surface area contributed by atoms with Crippen molar-refractivity contribution in [2.24, 2.45) is 5.92 Å². The van der Waals surface area contributed by atoms with E-state index < -0.39 is 0 Å². The summed E-state index contributed by atoms with van der Waals surface area (Å²) in [5.41, 5.74) is 4.86. The molecule has 0 bridgehead atoms. The molecule has 0 amide bonds. The second kappa shape index (κ2) is 9.55. The molecule has 0 spiro atoms. The Morgan fingerprint density at radius 3 is 2.45 bits per heavy atom. The molecule has 0 radical (unpaired) electrons. The summed E-state index contributed by atoms with van der Waals surface area (Å²) in [6, 6.07) is 15.3. The molecule has 0 aliphatic heterocycles. The number of nitro groups is 1. The number of unbranched alkanes of at least 4 members (excludes halogenated alkanes) is 1. The Bertz CT molecular complexity index is 1000. The summed E-state index contributed by atoms with van der Waals surface area (Å²) in [6.45, 7) is 7.79. The molecule has 4 nitrogen and oxygen atoms in total. The van der Waals surface area contributed by atoms with Crippen molar-refractivity contribution in [1.82, 2.24) is 4.57 Å². The first kappa shape index (κ1) is 20.8. The highest BCUT2D eigenvalue weighted by Crippen LogP contribution is 2.30. The summed E-state index contributed by atoms with van der Waals surface area (Å²) >= 11 is 0. The molecule has 0 aliphatic carbocycles. The molecule has 0 saturated carbocycles. The summed E-state index contributed by atoms with van der Waals surface area (Å²) < 4.78 is 2.47. The smallest absolute Gasteiger partial charge is 0.269 e. The highest BCUT2D eigenvalue weighted by atomic mass is 16.6. The molecule has 1 unspecified atom stereocenters. The van der Waals surface area contributed by atoms with Gasteiger partial charge >= 0.3 is 0 Å². The van der Waals surface area contributed by atoms with Crippen molar-refractivity contribution in [2.45, 2.75) is 53.0 Å². The van der Waals surface area contributed by atoms with Crippen LogP contribution in [0.25, 0.3) is 23.1 Å². The van der Waals surface area contributed by atoms with Crippen molar-refractivity contribution in [3.63, 3.8) is 0 Å². The third-order valence-corrected chi connectivity index (χ3v) is 5.81. The number of hydrogen-bond donors (Lipinski definition) is 0. The number of nitrogens with zero attached hydrogens (tertiary/aromatic N) is 2. The summed E-state index contributed by atoms with van der Waals surface area (Å²) in [5, 5.41) is 12.1. The average molecular weight is 391 g/mol. The van der Waals surface area contributed by atoms with E-state index in [1.54, 1.807) is 24.3 Å². The van der Waals surface area contributed by atoms with E-state index in [-0.39, 0.29) is 10.6 Å². The maximum atomic E-state index is 10.8. The van der Waals surface area contributed by atoms with E-state index in [2.05, 4.69) is 55.7 Å². The van der Waals surface area contributed by atoms with Gasteiger partial charge in [-0.2, -0.15) is 0 Å². The molecule has 2 aromatic carbocycles. The molecule has 152 valence electrons. The van der Waals surface area contributed by atoms with E-state index in [4.69, 9.17) is 0 Å². The predicted molar refractivity (Wildman–Crippen MR) is 122 cm³/mol. The number of hydrogen-bond acceptors (Lipinski definition) is 2. The first-order valence-corrected chi connectivity index (χ1v) is 10.6. The quantitative estimate of drug-likeness (QED) is 0.285. The van der Waals surface area contributed by atoms with Crippen LogP contribution in [0.2, 0.25) is 0 Å². The summed E-state index contributed by atoms with van der Waals surface area (Å²) in [7, 11) is 0. The summed E-state index contributed by atoms with van der Waals surface area (Å²) in [4.78, 5) is 10.5. The number of aromatic nitrogens is 1. The molecule has 3 aromatic rings. The molecule has 29 heavy (non-hydrogen) atoms. The number of benzene rings is 2. The van der Waals surface area contributed by atoms with E-state index in [0.29, 0.717) is 5.92 Å². The fourth-order valence-corrected chi connectivity index (χ4v) is 3.97. The number of nitro benzene ring substituents is 1. The van der Waals surface area contributed by atoms with Crippen LogP contribution in [-0.4, -0.2) is 9.49 Å². The SMILES string of the molecule is CCCCC(CC)Cn1c(C)c(C=Cc2ccc([N+](=O)[O-])cc2)c2ccccc21. The zero-order valence-electron chi connectivity index (χ0n) is 17.6. The van der Waals surface area contributed by atoms with Gasteiger partial charge in [-0.1, -0.05) is 63.5 Å². The van der Waals surface area contributed by atoms with Gasteiger partial charge in [0.15, 0.2) is 0 Å². The van der Waals surface area contributed by atoms with E-state index in [1.165, 1.54) is 47.8 Å². The fraction of sp³-hybridized carbons (Fsp3) is 0.360. The van der Waals surface area contributed by atoms with Crippen LogP contribution in [0.3, 0.4) is 0 Å². The molecule has 1 aromatic heterocycles. The Kier molecular flexibility index (Phi) is 6.86. The van der Waals surface area contributed by atoms with Crippen LogP contribution in [0.1, 0.15) is 56.4 Å². The fourth-order valence-electron chi connectivity index (χ4n) is 3.97. The summed E-state index contributed by atoms with van der Waals surface area (Å²) in [5.74, 6) is 0.691. The Morgan fingerprint density at radius 1 is 1.07 bits per heavy atom. The maximum Gasteiger partial charge on any atom is 0.269 e. The van der Waals surface area contributed by atoms with Gasteiger partial charge in [-0.3, -0.25) is 10.1 Å². The van der Waals surface area contributed by atoms with Gasteiger partial charge < -0.3 is 4.57 Å². The third kappa shape index (κ3) is 4.76. The Hall–Kier alpha value is -2.88. The highest BCUT2D eigenvalue weighted by Gasteiger charge is 2.15. The molecule has 0 fully saturated rings. The summed E-state index contributed by atoms with van der Waals surface area (Å²) in [6.07, 6.45) is 9.17. The van der Waals surface area contributed by atoms with Gasteiger partial charge in [0, 0.05) is 40.8 Å². The van der Waals surface area contributed by atoms with Crippen LogP contribution in [0.5, 0.6) is 0 Å².